The molecule has 118 valence electrons. The maximum atomic E-state index is 14.0. The van der Waals surface area contributed by atoms with Gasteiger partial charge in [0, 0.05) is 6.54 Å². The lowest BCUT2D eigenvalue weighted by Crippen LogP contribution is -2.34. The summed E-state index contributed by atoms with van der Waals surface area (Å²) in [6.45, 7) is 5.95. The fourth-order valence-electron chi connectivity index (χ4n) is 1.48. The van der Waals surface area contributed by atoms with Crippen molar-refractivity contribution in [2.45, 2.75) is 32.1 Å². The first-order valence-electron chi connectivity index (χ1n) is 6.28. The second-order valence-electron chi connectivity index (χ2n) is 5.51. The van der Waals surface area contributed by atoms with Crippen molar-refractivity contribution in [1.29, 1.82) is 0 Å². The molecule has 0 saturated heterocycles. The summed E-state index contributed by atoms with van der Waals surface area (Å²) < 4.78 is 49.8. The van der Waals surface area contributed by atoms with Crippen molar-refractivity contribution >= 4 is 15.9 Å². The molecule has 0 saturated carbocycles. The van der Waals surface area contributed by atoms with E-state index >= 15 is 0 Å². The fraction of sp³-hybridized carbons (Fsp3) is 0.462. The van der Waals surface area contributed by atoms with Gasteiger partial charge >= 0.3 is 0 Å². The van der Waals surface area contributed by atoms with E-state index in [1.807, 2.05) is 20.8 Å². The highest BCUT2D eigenvalue weighted by molar-refractivity contribution is 7.89. The van der Waals surface area contributed by atoms with E-state index in [9.17, 15) is 22.0 Å². The molecule has 21 heavy (non-hydrogen) atoms. The van der Waals surface area contributed by atoms with Crippen LogP contribution < -0.4 is 10.5 Å². The molecule has 0 fully saturated rings. The lowest BCUT2D eigenvalue weighted by Gasteiger charge is -2.23. The molecule has 0 spiro atoms. The summed E-state index contributed by atoms with van der Waals surface area (Å²) in [5.41, 5.74) is -0.909. The number of halogens is 2. The molecule has 1 rings (SSSR count). The molecule has 3 N–H and O–H groups in total. The van der Waals surface area contributed by atoms with Crippen LogP contribution in [-0.4, -0.2) is 20.9 Å². The first-order valence-corrected chi connectivity index (χ1v) is 7.82. The Hall–Kier alpha value is -1.54. The normalized spacial score (nSPS) is 12.3. The second-order valence-corrected chi connectivity index (χ2v) is 7.04. The van der Waals surface area contributed by atoms with Crippen molar-refractivity contribution in [2.75, 3.05) is 6.54 Å². The SMILES string of the molecule is CCC(C)(C)CNC(=O)c1cc(F)cc(S(N)(=O)=O)c1F. The molecular formula is C13H18F2N2O3S. The molecule has 1 aromatic rings. The molecule has 0 aliphatic carbocycles. The quantitative estimate of drug-likeness (QED) is 0.866. The van der Waals surface area contributed by atoms with E-state index in [4.69, 9.17) is 5.14 Å². The fourth-order valence-corrected chi connectivity index (χ4v) is 2.11. The zero-order chi connectivity index (χ0) is 16.4. The zero-order valence-electron chi connectivity index (χ0n) is 12.0. The first-order chi connectivity index (χ1) is 9.48. The second kappa shape index (κ2) is 6.07. The summed E-state index contributed by atoms with van der Waals surface area (Å²) in [5.74, 6) is -3.30. The predicted molar refractivity (Wildman–Crippen MR) is 74.1 cm³/mol. The Kier molecular flexibility index (Phi) is 5.06. The van der Waals surface area contributed by atoms with Gasteiger partial charge in [0.05, 0.1) is 5.56 Å². The maximum absolute atomic E-state index is 14.0. The molecule has 1 amide bonds. The molecule has 0 atom stereocenters. The van der Waals surface area contributed by atoms with Gasteiger partial charge in [-0.05, 0) is 24.0 Å². The van der Waals surface area contributed by atoms with Crippen molar-refractivity contribution in [3.05, 3.63) is 29.3 Å². The average molecular weight is 320 g/mol. The van der Waals surface area contributed by atoms with Crippen LogP contribution in [0.25, 0.3) is 0 Å². The van der Waals surface area contributed by atoms with Gasteiger partial charge in [0.15, 0.2) is 5.82 Å². The van der Waals surface area contributed by atoms with Crippen molar-refractivity contribution < 1.29 is 22.0 Å². The van der Waals surface area contributed by atoms with E-state index in [2.05, 4.69) is 5.32 Å². The largest absolute Gasteiger partial charge is 0.351 e. The lowest BCUT2D eigenvalue weighted by molar-refractivity contribution is 0.0930. The minimum absolute atomic E-state index is 0.220. The van der Waals surface area contributed by atoms with E-state index in [1.54, 1.807) is 0 Å². The predicted octanol–water partition coefficient (Wildman–Crippen LogP) is 1.78. The summed E-state index contributed by atoms with van der Waals surface area (Å²) >= 11 is 0. The Balaban J connectivity index is 3.14. The van der Waals surface area contributed by atoms with Gasteiger partial charge in [-0.3, -0.25) is 4.79 Å². The highest BCUT2D eigenvalue weighted by atomic mass is 32.2. The molecule has 0 aliphatic rings. The first kappa shape index (κ1) is 17.5. The van der Waals surface area contributed by atoms with E-state index in [-0.39, 0.29) is 12.0 Å². The molecule has 0 aromatic heterocycles. The molecule has 0 heterocycles. The van der Waals surface area contributed by atoms with Gasteiger partial charge in [-0.1, -0.05) is 20.8 Å². The molecular weight excluding hydrogens is 302 g/mol. The highest BCUT2D eigenvalue weighted by Crippen LogP contribution is 2.21. The third-order valence-corrected chi connectivity index (χ3v) is 4.15. The van der Waals surface area contributed by atoms with Crippen molar-refractivity contribution in [3.63, 3.8) is 0 Å². The molecule has 8 heteroatoms. The number of benzene rings is 1. The zero-order valence-corrected chi connectivity index (χ0v) is 12.9. The van der Waals surface area contributed by atoms with Crippen LogP contribution in [0.15, 0.2) is 17.0 Å². The van der Waals surface area contributed by atoms with Crippen LogP contribution in [-0.2, 0) is 10.0 Å². The van der Waals surface area contributed by atoms with Crippen molar-refractivity contribution in [1.82, 2.24) is 5.32 Å². The van der Waals surface area contributed by atoms with Gasteiger partial charge in [0.1, 0.15) is 10.7 Å². The lowest BCUT2D eigenvalue weighted by atomic mass is 9.90. The van der Waals surface area contributed by atoms with Crippen LogP contribution in [0.1, 0.15) is 37.6 Å². The smallest absolute Gasteiger partial charge is 0.254 e. The van der Waals surface area contributed by atoms with Crippen LogP contribution in [0, 0.1) is 17.0 Å². The molecule has 0 radical (unpaired) electrons. The number of nitrogens with one attached hydrogen (secondary N) is 1. The molecule has 0 aliphatic heterocycles. The van der Waals surface area contributed by atoms with E-state index in [0.29, 0.717) is 12.1 Å². The van der Waals surface area contributed by atoms with E-state index < -0.39 is 38.0 Å². The number of primary sulfonamides is 1. The Morgan fingerprint density at radius 1 is 1.33 bits per heavy atom. The van der Waals surface area contributed by atoms with Crippen LogP contribution in [0.4, 0.5) is 8.78 Å². The van der Waals surface area contributed by atoms with Gasteiger partial charge in [0.25, 0.3) is 5.91 Å². The van der Waals surface area contributed by atoms with Crippen LogP contribution >= 0.6 is 0 Å². The van der Waals surface area contributed by atoms with E-state index in [0.717, 1.165) is 6.42 Å². The van der Waals surface area contributed by atoms with E-state index in [1.165, 1.54) is 0 Å². The topological polar surface area (TPSA) is 89.3 Å². The number of hydrogen-bond acceptors (Lipinski definition) is 3. The minimum atomic E-state index is -4.46. The summed E-state index contributed by atoms with van der Waals surface area (Å²) in [6.07, 6.45) is 0.765. The number of nitrogens with two attached hydrogens (primary N) is 1. The Labute approximate surface area is 122 Å². The van der Waals surface area contributed by atoms with Gasteiger partial charge in [0.2, 0.25) is 10.0 Å². The monoisotopic (exact) mass is 320 g/mol. The maximum Gasteiger partial charge on any atom is 0.254 e. The Bertz CT molecular complexity index is 658. The number of rotatable bonds is 5. The third kappa shape index (κ3) is 4.47. The summed E-state index contributed by atoms with van der Waals surface area (Å²) in [6, 6.07) is 1.08. The minimum Gasteiger partial charge on any atom is -0.351 e. The van der Waals surface area contributed by atoms with Crippen molar-refractivity contribution in [3.8, 4) is 0 Å². The number of hydrogen-bond donors (Lipinski definition) is 2. The van der Waals surface area contributed by atoms with Crippen LogP contribution in [0.3, 0.4) is 0 Å². The third-order valence-electron chi connectivity index (χ3n) is 3.24. The number of carbonyl (C=O) groups excluding carboxylic acids is 1. The number of carbonyl (C=O) groups is 1. The van der Waals surface area contributed by atoms with Gasteiger partial charge in [-0.25, -0.2) is 22.3 Å². The molecule has 5 nitrogen and oxygen atoms in total. The molecule has 0 unspecified atom stereocenters. The number of amides is 1. The van der Waals surface area contributed by atoms with Crippen LogP contribution in [0.5, 0.6) is 0 Å². The molecule has 1 aromatic carbocycles. The highest BCUT2D eigenvalue weighted by Gasteiger charge is 2.24. The summed E-state index contributed by atoms with van der Waals surface area (Å²) in [4.78, 5) is 10.9. The van der Waals surface area contributed by atoms with Crippen LogP contribution in [0.2, 0.25) is 0 Å². The Morgan fingerprint density at radius 3 is 2.38 bits per heavy atom. The number of sulfonamides is 1. The van der Waals surface area contributed by atoms with Crippen molar-refractivity contribution in [2.24, 2.45) is 10.6 Å². The van der Waals surface area contributed by atoms with Gasteiger partial charge < -0.3 is 5.32 Å². The Morgan fingerprint density at radius 2 is 1.90 bits per heavy atom. The average Bonchev–Trinajstić information content (AvgIpc) is 2.37. The molecule has 0 bridgehead atoms. The summed E-state index contributed by atoms with van der Waals surface area (Å²) in [5, 5.41) is 7.25. The summed E-state index contributed by atoms with van der Waals surface area (Å²) in [7, 11) is -4.46. The van der Waals surface area contributed by atoms with Gasteiger partial charge in [-0.15, -0.1) is 0 Å². The van der Waals surface area contributed by atoms with Gasteiger partial charge in [-0.2, -0.15) is 0 Å². The standard InChI is InChI=1S/C13H18F2N2O3S/c1-4-13(2,3)7-17-12(18)9-5-8(14)6-10(11(9)15)21(16,19)20/h5-6H,4,7H2,1-3H3,(H,17,18)(H2,16,19,20).